The summed E-state index contributed by atoms with van der Waals surface area (Å²) in [6.45, 7) is 1.22. The molecule has 7 nitrogen and oxygen atoms in total. The van der Waals surface area contributed by atoms with E-state index < -0.39 is 17.2 Å². The van der Waals surface area contributed by atoms with E-state index in [1.54, 1.807) is 4.57 Å². The third-order valence-electron chi connectivity index (χ3n) is 6.84. The van der Waals surface area contributed by atoms with Crippen molar-refractivity contribution in [2.75, 3.05) is 18.0 Å². The summed E-state index contributed by atoms with van der Waals surface area (Å²) in [5.41, 5.74) is 5.92. The van der Waals surface area contributed by atoms with Crippen LogP contribution in [0.4, 0.5) is 10.2 Å². The molecule has 1 atom stereocenters. The normalized spacial score (nSPS) is 23.8. The number of carboxylic acids is 1. The highest BCUT2D eigenvalue weighted by atomic mass is 19.1. The fourth-order valence-electron chi connectivity index (χ4n) is 4.75. The number of rotatable bonds is 3. The van der Waals surface area contributed by atoms with Crippen LogP contribution in [-0.4, -0.2) is 39.8 Å². The summed E-state index contributed by atoms with van der Waals surface area (Å²) in [7, 11) is 0. The minimum atomic E-state index is -1.31. The predicted molar refractivity (Wildman–Crippen MR) is 102 cm³/mol. The van der Waals surface area contributed by atoms with Crippen molar-refractivity contribution in [3.05, 3.63) is 33.9 Å². The molecule has 3 heterocycles. The number of pyridine rings is 2. The molecule has 2 aromatic heterocycles. The van der Waals surface area contributed by atoms with Crippen LogP contribution in [0.2, 0.25) is 0 Å². The monoisotopic (exact) mass is 386 g/mol. The second-order valence-corrected chi connectivity index (χ2v) is 8.50. The Morgan fingerprint density at radius 2 is 2.07 bits per heavy atom. The number of hydrogen-bond acceptors (Lipinski definition) is 5. The van der Waals surface area contributed by atoms with Crippen LogP contribution in [0.15, 0.2) is 17.1 Å². The number of carbonyl (C=O) groups is 1. The van der Waals surface area contributed by atoms with Crippen LogP contribution in [0.5, 0.6) is 0 Å². The van der Waals surface area contributed by atoms with Crippen LogP contribution in [0.3, 0.4) is 0 Å². The van der Waals surface area contributed by atoms with Crippen molar-refractivity contribution in [2.45, 2.75) is 50.6 Å². The summed E-state index contributed by atoms with van der Waals surface area (Å²) in [5, 5.41) is 9.36. The molecular weight excluding hydrogens is 363 g/mol. The number of hydrogen-bond donors (Lipinski definition) is 2. The number of aromatic nitrogens is 2. The van der Waals surface area contributed by atoms with Gasteiger partial charge in [-0.25, -0.2) is 14.2 Å². The highest BCUT2D eigenvalue weighted by Gasteiger charge is 2.46. The van der Waals surface area contributed by atoms with Crippen molar-refractivity contribution in [3.63, 3.8) is 0 Å². The first-order chi connectivity index (χ1) is 13.4. The Balaban J connectivity index is 1.60. The minimum Gasteiger partial charge on any atom is -0.477 e. The SMILES string of the molecule is NC1CN(c2nc3c(cc2F)c(=O)c(C(=O)O)cn3C2CC2)CCC12CCC2. The second kappa shape index (κ2) is 6.01. The van der Waals surface area contributed by atoms with E-state index in [4.69, 9.17) is 5.73 Å². The maximum atomic E-state index is 14.9. The largest absolute Gasteiger partial charge is 0.477 e. The Kier molecular flexibility index (Phi) is 3.78. The van der Waals surface area contributed by atoms with Crippen molar-refractivity contribution >= 4 is 22.8 Å². The zero-order valence-electron chi connectivity index (χ0n) is 15.5. The molecule has 5 rings (SSSR count). The summed E-state index contributed by atoms with van der Waals surface area (Å²) in [6.07, 6.45) is 7.52. The first kappa shape index (κ1) is 17.6. The van der Waals surface area contributed by atoms with Crippen LogP contribution in [0.1, 0.15) is 54.9 Å². The van der Waals surface area contributed by atoms with Crippen LogP contribution < -0.4 is 16.1 Å². The molecule has 2 aromatic rings. The molecule has 0 amide bonds. The average molecular weight is 386 g/mol. The summed E-state index contributed by atoms with van der Waals surface area (Å²) >= 11 is 0. The van der Waals surface area contributed by atoms with E-state index in [1.165, 1.54) is 12.6 Å². The van der Waals surface area contributed by atoms with E-state index in [2.05, 4.69) is 4.98 Å². The molecule has 8 heteroatoms. The van der Waals surface area contributed by atoms with Gasteiger partial charge in [-0.1, -0.05) is 6.42 Å². The number of nitrogens with zero attached hydrogens (tertiary/aromatic N) is 3. The second-order valence-electron chi connectivity index (χ2n) is 8.50. The van der Waals surface area contributed by atoms with Gasteiger partial charge in [0.25, 0.3) is 0 Å². The molecule has 3 aliphatic rings. The molecular formula is C20H23FN4O3. The van der Waals surface area contributed by atoms with Gasteiger partial charge >= 0.3 is 5.97 Å². The topological polar surface area (TPSA) is 101 Å². The van der Waals surface area contributed by atoms with E-state index in [-0.39, 0.29) is 34.3 Å². The lowest BCUT2D eigenvalue weighted by molar-refractivity contribution is 0.0695. The van der Waals surface area contributed by atoms with E-state index >= 15 is 0 Å². The number of nitrogens with two attached hydrogens (primary N) is 1. The third kappa shape index (κ3) is 2.54. The van der Waals surface area contributed by atoms with E-state index in [0.29, 0.717) is 18.7 Å². The Bertz CT molecular complexity index is 1040. The van der Waals surface area contributed by atoms with E-state index in [9.17, 15) is 19.1 Å². The summed E-state index contributed by atoms with van der Waals surface area (Å²) < 4.78 is 16.7. The van der Waals surface area contributed by atoms with Crippen molar-refractivity contribution < 1.29 is 14.3 Å². The molecule has 1 spiro atoms. The number of fused-ring (bicyclic) bond motifs is 1. The molecule has 2 saturated carbocycles. The third-order valence-corrected chi connectivity index (χ3v) is 6.84. The molecule has 2 aliphatic carbocycles. The first-order valence-electron chi connectivity index (χ1n) is 9.89. The minimum absolute atomic E-state index is 0.0184. The summed E-state index contributed by atoms with van der Waals surface area (Å²) in [5.74, 6) is -1.71. The Morgan fingerprint density at radius 3 is 2.64 bits per heavy atom. The molecule has 1 aliphatic heterocycles. The fraction of sp³-hybridized carbons (Fsp3) is 0.550. The Morgan fingerprint density at radius 1 is 1.32 bits per heavy atom. The van der Waals surface area contributed by atoms with Crippen LogP contribution >= 0.6 is 0 Å². The standard InChI is InChI=1S/C20H23FN4O3/c21-14-8-12-16(26)13(19(27)28)9-25(11-2-3-11)17(12)23-18(14)24-7-6-20(4-1-5-20)15(22)10-24/h8-9,11,15H,1-7,10,22H2,(H,27,28). The number of anilines is 1. The summed E-state index contributed by atoms with van der Waals surface area (Å²) in [4.78, 5) is 30.4. The quantitative estimate of drug-likeness (QED) is 0.839. The predicted octanol–water partition coefficient (Wildman–Crippen LogP) is 2.28. The zero-order chi connectivity index (χ0) is 19.6. The van der Waals surface area contributed by atoms with Crippen LogP contribution in [0.25, 0.3) is 11.0 Å². The molecule has 0 aromatic carbocycles. The number of halogens is 1. The van der Waals surface area contributed by atoms with Crippen molar-refractivity contribution in [1.29, 1.82) is 0 Å². The van der Waals surface area contributed by atoms with Crippen LogP contribution in [-0.2, 0) is 0 Å². The molecule has 0 radical (unpaired) electrons. The molecule has 1 saturated heterocycles. The molecule has 0 bridgehead atoms. The first-order valence-corrected chi connectivity index (χ1v) is 9.89. The number of piperidine rings is 1. The number of aromatic carboxylic acids is 1. The molecule has 3 fully saturated rings. The van der Waals surface area contributed by atoms with Gasteiger partial charge < -0.3 is 20.3 Å². The van der Waals surface area contributed by atoms with Gasteiger partial charge in [0.1, 0.15) is 11.2 Å². The lowest BCUT2D eigenvalue weighted by atomic mass is 9.61. The van der Waals surface area contributed by atoms with Crippen LogP contribution in [0, 0.1) is 11.2 Å². The summed E-state index contributed by atoms with van der Waals surface area (Å²) in [6, 6.07) is 1.23. The average Bonchev–Trinajstić information content (AvgIpc) is 3.45. The van der Waals surface area contributed by atoms with Crippen molar-refractivity contribution in [2.24, 2.45) is 11.1 Å². The zero-order valence-corrected chi connectivity index (χ0v) is 15.5. The smallest absolute Gasteiger partial charge is 0.341 e. The lowest BCUT2D eigenvalue weighted by Gasteiger charge is -2.52. The molecule has 148 valence electrons. The van der Waals surface area contributed by atoms with Crippen molar-refractivity contribution in [1.82, 2.24) is 9.55 Å². The maximum absolute atomic E-state index is 14.9. The van der Waals surface area contributed by atoms with Gasteiger partial charge in [-0.05, 0) is 43.6 Å². The van der Waals surface area contributed by atoms with E-state index in [1.807, 2.05) is 4.90 Å². The maximum Gasteiger partial charge on any atom is 0.341 e. The molecule has 28 heavy (non-hydrogen) atoms. The van der Waals surface area contributed by atoms with Gasteiger partial charge in [-0.2, -0.15) is 0 Å². The lowest BCUT2D eigenvalue weighted by Crippen LogP contribution is -2.58. The van der Waals surface area contributed by atoms with Gasteiger partial charge in [-0.3, -0.25) is 4.79 Å². The van der Waals surface area contributed by atoms with Crippen molar-refractivity contribution in [3.8, 4) is 0 Å². The van der Waals surface area contributed by atoms with Gasteiger partial charge in [0, 0.05) is 31.4 Å². The van der Waals surface area contributed by atoms with Gasteiger partial charge in [0.2, 0.25) is 5.43 Å². The van der Waals surface area contributed by atoms with Gasteiger partial charge in [0.15, 0.2) is 11.6 Å². The van der Waals surface area contributed by atoms with Gasteiger partial charge in [0.05, 0.1) is 5.39 Å². The Labute approximate surface area is 161 Å². The molecule has 3 N–H and O–H groups in total. The number of carboxylic acid groups (broad SMARTS) is 1. The Hall–Kier alpha value is -2.48. The molecule has 1 unspecified atom stereocenters. The highest BCUT2D eigenvalue weighted by Crippen LogP contribution is 2.48. The van der Waals surface area contributed by atoms with E-state index in [0.717, 1.165) is 38.2 Å². The fourth-order valence-corrected chi connectivity index (χ4v) is 4.75. The van der Waals surface area contributed by atoms with Gasteiger partial charge in [-0.15, -0.1) is 0 Å². The highest BCUT2D eigenvalue weighted by molar-refractivity contribution is 5.92.